The smallest absolute Gasteiger partial charge is 0.306 e. The molecule has 124 valence electrons. The zero-order chi connectivity index (χ0) is 16.9. The van der Waals surface area contributed by atoms with E-state index in [4.69, 9.17) is 14.2 Å². The van der Waals surface area contributed by atoms with Crippen LogP contribution in [0.4, 0.5) is 0 Å². The molecule has 0 aliphatic carbocycles. The topological polar surface area (TPSA) is 61.8 Å². The fourth-order valence-electron chi connectivity index (χ4n) is 2.49. The van der Waals surface area contributed by atoms with Crippen LogP contribution in [-0.2, 0) is 16.0 Å². The molecule has 2 aromatic rings. The van der Waals surface area contributed by atoms with E-state index in [1.165, 1.54) is 0 Å². The van der Waals surface area contributed by atoms with Crippen LogP contribution in [0.2, 0.25) is 0 Å². The molecule has 24 heavy (non-hydrogen) atoms. The maximum absolute atomic E-state index is 12.2. The van der Waals surface area contributed by atoms with Gasteiger partial charge in [0.1, 0.15) is 0 Å². The van der Waals surface area contributed by atoms with Gasteiger partial charge in [0.25, 0.3) is 0 Å². The lowest BCUT2D eigenvalue weighted by Crippen LogP contribution is -2.24. The first-order chi connectivity index (χ1) is 11.6. The Labute approximate surface area is 140 Å². The summed E-state index contributed by atoms with van der Waals surface area (Å²) >= 11 is 0. The highest BCUT2D eigenvalue weighted by Crippen LogP contribution is 2.32. The van der Waals surface area contributed by atoms with Gasteiger partial charge in [-0.1, -0.05) is 36.4 Å². The summed E-state index contributed by atoms with van der Waals surface area (Å²) in [6, 6.07) is 14.4. The summed E-state index contributed by atoms with van der Waals surface area (Å²) in [5, 5.41) is 0. The number of carbonyl (C=O) groups is 2. The van der Waals surface area contributed by atoms with Gasteiger partial charge in [0.05, 0.1) is 0 Å². The van der Waals surface area contributed by atoms with E-state index in [-0.39, 0.29) is 19.0 Å². The second kappa shape index (κ2) is 7.17. The van der Waals surface area contributed by atoms with Gasteiger partial charge in [-0.15, -0.1) is 0 Å². The molecule has 0 spiro atoms. The Morgan fingerprint density at radius 3 is 2.62 bits per heavy atom. The van der Waals surface area contributed by atoms with Crippen molar-refractivity contribution in [2.45, 2.75) is 25.9 Å². The molecular weight excluding hydrogens is 308 g/mol. The minimum Gasteiger partial charge on any atom is -0.454 e. The van der Waals surface area contributed by atoms with Gasteiger partial charge >= 0.3 is 5.97 Å². The predicted octanol–water partition coefficient (Wildman–Crippen LogP) is 3.16. The van der Waals surface area contributed by atoms with Crippen molar-refractivity contribution in [3.63, 3.8) is 0 Å². The molecule has 3 rings (SSSR count). The monoisotopic (exact) mass is 326 g/mol. The molecule has 0 amide bonds. The predicted molar refractivity (Wildman–Crippen MR) is 87.2 cm³/mol. The summed E-state index contributed by atoms with van der Waals surface area (Å²) in [6.07, 6.45) is -0.0787. The standard InChI is InChI=1S/C19H18O5/c1-13(19(21)15-5-3-2-4-6-15)24-18(20)10-8-14-7-9-16-17(11-14)23-12-22-16/h2-7,9,11,13H,8,10,12H2,1H3/t13-/m1/s1. The molecule has 1 aliphatic heterocycles. The second-order valence-electron chi connectivity index (χ2n) is 5.55. The summed E-state index contributed by atoms with van der Waals surface area (Å²) < 4.78 is 15.8. The van der Waals surface area contributed by atoms with Gasteiger partial charge in [-0.3, -0.25) is 9.59 Å². The van der Waals surface area contributed by atoms with E-state index < -0.39 is 12.1 Å². The van der Waals surface area contributed by atoms with Crippen LogP contribution < -0.4 is 9.47 Å². The van der Waals surface area contributed by atoms with Crippen molar-refractivity contribution < 1.29 is 23.8 Å². The molecular formula is C19H18O5. The Bertz CT molecular complexity index is 739. The lowest BCUT2D eigenvalue weighted by atomic mass is 10.1. The number of aryl methyl sites for hydroxylation is 1. The quantitative estimate of drug-likeness (QED) is 0.603. The highest BCUT2D eigenvalue weighted by Gasteiger charge is 2.19. The van der Waals surface area contributed by atoms with Crippen molar-refractivity contribution in [1.29, 1.82) is 0 Å². The van der Waals surface area contributed by atoms with E-state index in [1.807, 2.05) is 24.3 Å². The van der Waals surface area contributed by atoms with Gasteiger partial charge in [-0.05, 0) is 31.0 Å². The molecule has 1 aliphatic rings. The zero-order valence-electron chi connectivity index (χ0n) is 13.4. The molecule has 0 bridgehead atoms. The minimum absolute atomic E-state index is 0.200. The Morgan fingerprint density at radius 2 is 1.83 bits per heavy atom. The van der Waals surface area contributed by atoms with Crippen LogP contribution in [0.15, 0.2) is 48.5 Å². The molecule has 0 fully saturated rings. The fourth-order valence-corrected chi connectivity index (χ4v) is 2.49. The molecule has 0 aromatic heterocycles. The van der Waals surface area contributed by atoms with E-state index in [9.17, 15) is 9.59 Å². The molecule has 0 saturated heterocycles. The molecule has 1 heterocycles. The Kier molecular flexibility index (Phi) is 4.79. The third kappa shape index (κ3) is 3.74. The number of rotatable bonds is 6. The first-order valence-corrected chi connectivity index (χ1v) is 7.81. The van der Waals surface area contributed by atoms with Crippen LogP contribution in [0, 0.1) is 0 Å². The minimum atomic E-state index is -0.795. The summed E-state index contributed by atoms with van der Waals surface area (Å²) in [5.74, 6) is 0.799. The largest absolute Gasteiger partial charge is 0.454 e. The maximum Gasteiger partial charge on any atom is 0.306 e. The van der Waals surface area contributed by atoms with Gasteiger partial charge in [-0.25, -0.2) is 0 Å². The first kappa shape index (κ1) is 16.1. The van der Waals surface area contributed by atoms with E-state index in [0.717, 1.165) is 5.56 Å². The van der Waals surface area contributed by atoms with E-state index in [1.54, 1.807) is 31.2 Å². The van der Waals surface area contributed by atoms with Crippen molar-refractivity contribution >= 4 is 11.8 Å². The van der Waals surface area contributed by atoms with Crippen LogP contribution in [0.5, 0.6) is 11.5 Å². The van der Waals surface area contributed by atoms with Crippen LogP contribution in [0.1, 0.15) is 29.3 Å². The van der Waals surface area contributed by atoms with Crippen molar-refractivity contribution in [2.75, 3.05) is 6.79 Å². The zero-order valence-corrected chi connectivity index (χ0v) is 13.4. The molecule has 1 atom stereocenters. The number of ether oxygens (including phenoxy) is 3. The van der Waals surface area contributed by atoms with Gasteiger partial charge in [0.2, 0.25) is 12.6 Å². The van der Waals surface area contributed by atoms with Crippen molar-refractivity contribution in [1.82, 2.24) is 0 Å². The summed E-state index contributed by atoms with van der Waals surface area (Å²) in [6.45, 7) is 1.81. The van der Waals surface area contributed by atoms with Gasteiger partial charge < -0.3 is 14.2 Å². The molecule has 0 unspecified atom stereocenters. The number of hydrogen-bond acceptors (Lipinski definition) is 5. The normalized spacial score (nSPS) is 13.4. The van der Waals surface area contributed by atoms with Crippen molar-refractivity contribution in [2.24, 2.45) is 0 Å². The maximum atomic E-state index is 12.2. The third-order valence-corrected chi connectivity index (χ3v) is 3.79. The number of ketones is 1. The van der Waals surface area contributed by atoms with Crippen LogP contribution in [0.25, 0.3) is 0 Å². The molecule has 0 N–H and O–H groups in total. The number of esters is 1. The lowest BCUT2D eigenvalue weighted by Gasteiger charge is -2.12. The molecule has 2 aromatic carbocycles. The molecule has 0 radical (unpaired) electrons. The SMILES string of the molecule is C[C@@H](OC(=O)CCc1ccc2c(c1)OCO2)C(=O)c1ccccc1. The fraction of sp³-hybridized carbons (Fsp3) is 0.263. The van der Waals surface area contributed by atoms with E-state index in [2.05, 4.69) is 0 Å². The van der Waals surface area contributed by atoms with E-state index >= 15 is 0 Å². The van der Waals surface area contributed by atoms with Crippen LogP contribution in [-0.4, -0.2) is 24.6 Å². The number of hydrogen-bond donors (Lipinski definition) is 0. The van der Waals surface area contributed by atoms with Gasteiger partial charge in [-0.2, -0.15) is 0 Å². The van der Waals surface area contributed by atoms with E-state index in [0.29, 0.717) is 23.5 Å². The highest BCUT2D eigenvalue weighted by molar-refractivity contribution is 6.00. The van der Waals surface area contributed by atoms with Crippen molar-refractivity contribution in [3.8, 4) is 11.5 Å². The molecule has 5 heteroatoms. The van der Waals surface area contributed by atoms with Crippen LogP contribution in [0.3, 0.4) is 0 Å². The summed E-state index contributed by atoms with van der Waals surface area (Å²) in [4.78, 5) is 24.1. The lowest BCUT2D eigenvalue weighted by molar-refractivity contribution is -0.146. The second-order valence-corrected chi connectivity index (χ2v) is 5.55. The number of fused-ring (bicyclic) bond motifs is 1. The van der Waals surface area contributed by atoms with Crippen LogP contribution >= 0.6 is 0 Å². The number of carbonyl (C=O) groups excluding carboxylic acids is 2. The third-order valence-electron chi connectivity index (χ3n) is 3.79. The molecule has 5 nitrogen and oxygen atoms in total. The Balaban J connectivity index is 1.51. The number of benzene rings is 2. The first-order valence-electron chi connectivity index (χ1n) is 7.81. The highest BCUT2D eigenvalue weighted by atomic mass is 16.7. The molecule has 0 saturated carbocycles. The Hall–Kier alpha value is -2.82. The van der Waals surface area contributed by atoms with Gasteiger partial charge in [0, 0.05) is 12.0 Å². The summed E-state index contributed by atoms with van der Waals surface area (Å²) in [7, 11) is 0. The Morgan fingerprint density at radius 1 is 1.08 bits per heavy atom. The van der Waals surface area contributed by atoms with Gasteiger partial charge in [0.15, 0.2) is 17.6 Å². The number of Topliss-reactive ketones (excluding diaryl/α,β-unsaturated/α-hetero) is 1. The average molecular weight is 326 g/mol. The van der Waals surface area contributed by atoms with Crippen molar-refractivity contribution in [3.05, 3.63) is 59.7 Å². The average Bonchev–Trinajstić information content (AvgIpc) is 3.07. The summed E-state index contributed by atoms with van der Waals surface area (Å²) in [5.41, 5.74) is 1.49.